The molecule has 4 atom stereocenters. The minimum atomic E-state index is -0.739. The molecule has 2 saturated heterocycles. The van der Waals surface area contributed by atoms with Crippen molar-refractivity contribution in [2.45, 2.75) is 84.4 Å². The number of esters is 1. The van der Waals surface area contributed by atoms with Crippen molar-refractivity contribution in [3.8, 4) is 0 Å². The molecule has 174 valence electrons. The highest BCUT2D eigenvalue weighted by Crippen LogP contribution is 2.34. The maximum Gasteiger partial charge on any atom is 0.316 e. The quantitative estimate of drug-likeness (QED) is 0.500. The lowest BCUT2D eigenvalue weighted by Crippen LogP contribution is -2.58. The molecular formula is C24H44N2O4. The molecule has 0 amide bonds. The number of carbonyl (C=O) groups excluding carboxylic acids is 2. The van der Waals surface area contributed by atoms with Crippen molar-refractivity contribution in [2.75, 3.05) is 40.4 Å². The number of ether oxygens (including phenoxy) is 2. The summed E-state index contributed by atoms with van der Waals surface area (Å²) in [5.41, 5.74) is -0.567. The van der Waals surface area contributed by atoms with Crippen molar-refractivity contribution < 1.29 is 19.1 Å². The Bertz CT molecular complexity index is 600. The van der Waals surface area contributed by atoms with Gasteiger partial charge in [0, 0.05) is 38.7 Å². The summed E-state index contributed by atoms with van der Waals surface area (Å²) in [7, 11) is 3.89. The van der Waals surface area contributed by atoms with Crippen LogP contribution in [0.4, 0.5) is 0 Å². The van der Waals surface area contributed by atoms with Gasteiger partial charge in [-0.05, 0) is 66.3 Å². The first-order valence-electron chi connectivity index (χ1n) is 11.6. The number of methoxy groups -OCH3 is 1. The third kappa shape index (κ3) is 5.83. The second-order valence-electron chi connectivity index (χ2n) is 10.5. The molecule has 4 unspecified atom stereocenters. The first kappa shape index (κ1) is 25.3. The SMILES string of the molecule is COC1(C)CC(C)CN(C)C2(CCN(C(C)C)CC2)COC(=O)C(C)C(=O)C(C)C1. The normalized spacial score (nSPS) is 35.6. The van der Waals surface area contributed by atoms with E-state index in [0.29, 0.717) is 25.0 Å². The van der Waals surface area contributed by atoms with Gasteiger partial charge in [-0.1, -0.05) is 13.8 Å². The number of hydrogen-bond acceptors (Lipinski definition) is 6. The van der Waals surface area contributed by atoms with Gasteiger partial charge < -0.3 is 14.4 Å². The summed E-state index contributed by atoms with van der Waals surface area (Å²) in [5.74, 6) is -1.02. The van der Waals surface area contributed by atoms with Crippen LogP contribution in [0.25, 0.3) is 0 Å². The Morgan fingerprint density at radius 2 is 1.70 bits per heavy atom. The van der Waals surface area contributed by atoms with Gasteiger partial charge in [-0.25, -0.2) is 0 Å². The van der Waals surface area contributed by atoms with Gasteiger partial charge in [-0.2, -0.15) is 0 Å². The van der Waals surface area contributed by atoms with Gasteiger partial charge in [0.25, 0.3) is 0 Å². The highest BCUT2D eigenvalue weighted by Gasteiger charge is 2.42. The molecule has 6 heteroatoms. The number of piperidine rings is 1. The lowest BCUT2D eigenvalue weighted by molar-refractivity contribution is -0.157. The topological polar surface area (TPSA) is 59.1 Å². The molecule has 0 aromatic carbocycles. The largest absolute Gasteiger partial charge is 0.463 e. The molecule has 6 nitrogen and oxygen atoms in total. The molecule has 0 saturated carbocycles. The lowest BCUT2D eigenvalue weighted by Gasteiger charge is -2.48. The Labute approximate surface area is 183 Å². The zero-order valence-corrected chi connectivity index (χ0v) is 20.5. The van der Waals surface area contributed by atoms with E-state index in [1.807, 2.05) is 6.92 Å². The molecule has 2 fully saturated rings. The van der Waals surface area contributed by atoms with E-state index in [1.54, 1.807) is 14.0 Å². The molecule has 2 heterocycles. The zero-order chi connectivity index (χ0) is 22.7. The van der Waals surface area contributed by atoms with Crippen LogP contribution in [0.5, 0.6) is 0 Å². The average molecular weight is 425 g/mol. The number of likely N-dealkylation sites (N-methyl/N-ethyl adjacent to an activating group) is 1. The minimum absolute atomic E-state index is 0.0489. The van der Waals surface area contributed by atoms with Gasteiger partial charge >= 0.3 is 5.97 Å². The average Bonchev–Trinajstić information content (AvgIpc) is 2.70. The summed E-state index contributed by atoms with van der Waals surface area (Å²) in [6.07, 6.45) is 3.41. The van der Waals surface area contributed by atoms with Crippen LogP contribution in [-0.2, 0) is 19.1 Å². The van der Waals surface area contributed by atoms with Crippen molar-refractivity contribution in [1.82, 2.24) is 9.80 Å². The third-order valence-electron chi connectivity index (χ3n) is 7.61. The molecule has 2 rings (SSSR count). The number of nitrogens with zero attached hydrogens (tertiary/aromatic N) is 2. The number of Topliss-reactive ketones (excluding diaryl/α,β-unsaturated/α-hetero) is 1. The van der Waals surface area contributed by atoms with Gasteiger partial charge in [-0.15, -0.1) is 0 Å². The smallest absolute Gasteiger partial charge is 0.316 e. The summed E-state index contributed by atoms with van der Waals surface area (Å²) in [6.45, 7) is 15.7. The second-order valence-corrected chi connectivity index (χ2v) is 10.5. The van der Waals surface area contributed by atoms with Crippen molar-refractivity contribution in [3.05, 3.63) is 0 Å². The fourth-order valence-electron chi connectivity index (χ4n) is 5.43. The van der Waals surface area contributed by atoms with Crippen LogP contribution in [0.2, 0.25) is 0 Å². The van der Waals surface area contributed by atoms with Crippen LogP contribution in [0.1, 0.15) is 67.2 Å². The third-order valence-corrected chi connectivity index (χ3v) is 7.61. The van der Waals surface area contributed by atoms with Crippen molar-refractivity contribution in [3.63, 3.8) is 0 Å². The summed E-state index contributed by atoms with van der Waals surface area (Å²) in [4.78, 5) is 30.6. The maximum absolute atomic E-state index is 12.9. The van der Waals surface area contributed by atoms with E-state index in [-0.39, 0.29) is 22.8 Å². The first-order valence-corrected chi connectivity index (χ1v) is 11.6. The molecular weight excluding hydrogens is 380 g/mol. The molecule has 30 heavy (non-hydrogen) atoms. The Balaban J connectivity index is 2.30. The number of hydrogen-bond donors (Lipinski definition) is 0. The number of carbonyl (C=O) groups is 2. The Morgan fingerprint density at radius 1 is 1.10 bits per heavy atom. The van der Waals surface area contributed by atoms with Gasteiger partial charge in [0.05, 0.1) is 11.1 Å². The van der Waals surface area contributed by atoms with E-state index in [1.165, 1.54) is 0 Å². The minimum Gasteiger partial charge on any atom is -0.463 e. The molecule has 0 N–H and O–H groups in total. The molecule has 0 bridgehead atoms. The summed E-state index contributed by atoms with van der Waals surface area (Å²) in [6, 6.07) is 0.519. The van der Waals surface area contributed by atoms with E-state index in [0.717, 1.165) is 38.9 Å². The van der Waals surface area contributed by atoms with Gasteiger partial charge in [-0.3, -0.25) is 14.5 Å². The van der Waals surface area contributed by atoms with Crippen LogP contribution in [0.15, 0.2) is 0 Å². The van der Waals surface area contributed by atoms with Crippen molar-refractivity contribution in [2.24, 2.45) is 17.8 Å². The van der Waals surface area contributed by atoms with Crippen LogP contribution in [-0.4, -0.2) is 79.1 Å². The zero-order valence-electron chi connectivity index (χ0n) is 20.5. The standard InChI is InChI=1S/C24H44N2O4/c1-17(2)26-11-9-24(10-12-26)16-30-22(28)20(5)21(27)19(4)14-23(6,29-8)13-18(3)15-25(24)7/h17-20H,9-16H2,1-8H3. The molecule has 0 aromatic rings. The highest BCUT2D eigenvalue weighted by molar-refractivity contribution is 5.99. The van der Waals surface area contributed by atoms with Crippen LogP contribution in [0, 0.1) is 17.8 Å². The van der Waals surface area contributed by atoms with E-state index >= 15 is 0 Å². The van der Waals surface area contributed by atoms with Gasteiger partial charge in [0.1, 0.15) is 18.3 Å². The predicted octanol–water partition coefficient (Wildman–Crippen LogP) is 3.38. The van der Waals surface area contributed by atoms with Crippen LogP contribution < -0.4 is 0 Å². The molecule has 0 radical (unpaired) electrons. The summed E-state index contributed by atoms with van der Waals surface area (Å²) >= 11 is 0. The van der Waals surface area contributed by atoms with Gasteiger partial charge in [0.15, 0.2) is 0 Å². The molecule has 0 aromatic heterocycles. The Morgan fingerprint density at radius 3 is 2.23 bits per heavy atom. The second kappa shape index (κ2) is 10.1. The molecule has 2 aliphatic heterocycles. The first-order chi connectivity index (χ1) is 13.9. The molecule has 0 aliphatic carbocycles. The maximum atomic E-state index is 12.9. The van der Waals surface area contributed by atoms with Crippen molar-refractivity contribution in [1.29, 1.82) is 0 Å². The van der Waals surface area contributed by atoms with E-state index in [9.17, 15) is 9.59 Å². The van der Waals surface area contributed by atoms with E-state index in [4.69, 9.17) is 9.47 Å². The fraction of sp³-hybridized carbons (Fsp3) is 0.917. The van der Waals surface area contributed by atoms with E-state index < -0.39 is 11.9 Å². The van der Waals surface area contributed by atoms with E-state index in [2.05, 4.69) is 44.5 Å². The molecule has 2 aliphatic rings. The summed E-state index contributed by atoms with van der Waals surface area (Å²) < 4.78 is 11.7. The van der Waals surface area contributed by atoms with Crippen molar-refractivity contribution >= 4 is 11.8 Å². The van der Waals surface area contributed by atoms with Crippen LogP contribution >= 0.6 is 0 Å². The summed E-state index contributed by atoms with van der Waals surface area (Å²) in [5, 5.41) is 0. The monoisotopic (exact) mass is 424 g/mol. The van der Waals surface area contributed by atoms with Gasteiger partial charge in [0.2, 0.25) is 0 Å². The predicted molar refractivity (Wildman–Crippen MR) is 119 cm³/mol. The van der Waals surface area contributed by atoms with Crippen LogP contribution in [0.3, 0.4) is 0 Å². The Kier molecular flexibility index (Phi) is 8.51. The Hall–Kier alpha value is -0.980. The fourth-order valence-corrected chi connectivity index (χ4v) is 5.43. The number of likely N-dealkylation sites (tertiary alicyclic amines) is 1. The number of rotatable bonds is 2. The highest BCUT2D eigenvalue weighted by atomic mass is 16.5. The lowest BCUT2D eigenvalue weighted by atomic mass is 9.81. The molecule has 1 spiro atoms. The number of cyclic esters (lactones) is 1. The number of ketones is 1.